The smallest absolute Gasteiger partial charge is 0.0641 e. The van der Waals surface area contributed by atoms with E-state index < -0.39 is 0 Å². The normalized spacial score (nSPS) is 10.6. The summed E-state index contributed by atoms with van der Waals surface area (Å²) < 4.78 is 5.37. The largest absolute Gasteiger partial charge is 0.380 e. The molecule has 1 aromatic rings. The predicted octanol–water partition coefficient (Wildman–Crippen LogP) is 2.53. The van der Waals surface area contributed by atoms with E-state index in [1.54, 1.807) is 0 Å². The van der Waals surface area contributed by atoms with Crippen LogP contribution in [0.15, 0.2) is 18.2 Å². The third-order valence-corrected chi connectivity index (χ3v) is 2.83. The molecule has 0 aliphatic carbocycles. The van der Waals surface area contributed by atoms with Crippen molar-refractivity contribution in [2.75, 3.05) is 38.8 Å². The van der Waals surface area contributed by atoms with Gasteiger partial charge in [-0.15, -0.1) is 0 Å². The second kappa shape index (κ2) is 7.54. The summed E-state index contributed by atoms with van der Waals surface area (Å²) in [4.78, 5) is 2.19. The van der Waals surface area contributed by atoms with E-state index in [0.717, 1.165) is 31.3 Å². The number of hydrogen-bond acceptors (Lipinski definition) is 3. The Morgan fingerprint density at radius 2 is 2.18 bits per heavy atom. The van der Waals surface area contributed by atoms with E-state index in [1.807, 2.05) is 26.1 Å². The molecule has 0 aliphatic rings. The first-order valence-corrected chi connectivity index (χ1v) is 6.28. The highest BCUT2D eigenvalue weighted by Crippen LogP contribution is 2.23. The van der Waals surface area contributed by atoms with Crippen LogP contribution in [0.25, 0.3) is 0 Å². The second-order valence-electron chi connectivity index (χ2n) is 3.92. The van der Waals surface area contributed by atoms with Gasteiger partial charge in [-0.3, -0.25) is 0 Å². The molecule has 3 nitrogen and oxygen atoms in total. The number of nitrogens with one attached hydrogen (secondary N) is 1. The topological polar surface area (TPSA) is 24.5 Å². The molecular formula is C13H21ClN2O. The van der Waals surface area contributed by atoms with Gasteiger partial charge < -0.3 is 15.0 Å². The molecule has 0 amide bonds. The molecule has 0 heterocycles. The van der Waals surface area contributed by atoms with Crippen molar-refractivity contribution in [3.05, 3.63) is 28.8 Å². The van der Waals surface area contributed by atoms with Crippen LogP contribution in [0.4, 0.5) is 5.69 Å². The van der Waals surface area contributed by atoms with Gasteiger partial charge in [0.15, 0.2) is 0 Å². The van der Waals surface area contributed by atoms with Crippen LogP contribution in [0.5, 0.6) is 0 Å². The molecule has 0 bridgehead atoms. The first-order valence-electron chi connectivity index (χ1n) is 5.91. The molecule has 0 aliphatic heterocycles. The Labute approximate surface area is 109 Å². The number of likely N-dealkylation sites (N-methyl/N-ethyl adjacent to an activating group) is 1. The Morgan fingerprint density at radius 3 is 2.82 bits per heavy atom. The molecule has 1 N–H and O–H groups in total. The summed E-state index contributed by atoms with van der Waals surface area (Å²) in [5.41, 5.74) is 2.41. The monoisotopic (exact) mass is 256 g/mol. The number of halogens is 1. The molecular weight excluding hydrogens is 236 g/mol. The highest BCUT2D eigenvalue weighted by molar-refractivity contribution is 6.30. The van der Waals surface area contributed by atoms with Gasteiger partial charge in [0.1, 0.15) is 0 Å². The number of rotatable bonds is 7. The molecule has 1 aromatic carbocycles. The zero-order valence-electron chi connectivity index (χ0n) is 10.8. The molecule has 0 unspecified atom stereocenters. The van der Waals surface area contributed by atoms with Crippen LogP contribution >= 0.6 is 11.6 Å². The van der Waals surface area contributed by atoms with E-state index in [2.05, 4.69) is 23.3 Å². The van der Waals surface area contributed by atoms with Gasteiger partial charge in [0, 0.05) is 37.5 Å². The van der Waals surface area contributed by atoms with Gasteiger partial charge in [-0.05, 0) is 37.7 Å². The van der Waals surface area contributed by atoms with Crippen LogP contribution in [0, 0.1) is 0 Å². The zero-order valence-corrected chi connectivity index (χ0v) is 11.5. The molecule has 0 saturated carbocycles. The van der Waals surface area contributed by atoms with E-state index in [1.165, 1.54) is 11.3 Å². The van der Waals surface area contributed by atoms with Crippen molar-refractivity contribution < 1.29 is 4.74 Å². The van der Waals surface area contributed by atoms with Crippen LogP contribution in [0.3, 0.4) is 0 Å². The first kappa shape index (κ1) is 14.3. The minimum absolute atomic E-state index is 0.745. The Morgan fingerprint density at radius 1 is 1.41 bits per heavy atom. The van der Waals surface area contributed by atoms with Crippen molar-refractivity contribution in [2.45, 2.75) is 13.5 Å². The Kier molecular flexibility index (Phi) is 6.34. The molecule has 0 saturated heterocycles. The van der Waals surface area contributed by atoms with Crippen molar-refractivity contribution in [3.63, 3.8) is 0 Å². The molecule has 1 rings (SSSR count). The van der Waals surface area contributed by atoms with Crippen LogP contribution in [-0.4, -0.2) is 33.9 Å². The minimum Gasteiger partial charge on any atom is -0.380 e. The number of nitrogens with zero attached hydrogens (tertiary/aromatic N) is 1. The predicted molar refractivity (Wildman–Crippen MR) is 74.0 cm³/mol. The van der Waals surface area contributed by atoms with Crippen molar-refractivity contribution in [2.24, 2.45) is 0 Å². The summed E-state index contributed by atoms with van der Waals surface area (Å²) in [7, 11) is 4.01. The van der Waals surface area contributed by atoms with Gasteiger partial charge in [-0.2, -0.15) is 0 Å². The standard InChI is InChI=1S/C13H21ClN2O/c1-4-17-8-7-16(3)13-6-5-12(14)9-11(13)10-15-2/h5-6,9,15H,4,7-8,10H2,1-3H3. The third-order valence-electron chi connectivity index (χ3n) is 2.60. The van der Waals surface area contributed by atoms with Gasteiger partial charge in [0.05, 0.1) is 6.61 Å². The van der Waals surface area contributed by atoms with Gasteiger partial charge in [0.2, 0.25) is 0 Å². The summed E-state index contributed by atoms with van der Waals surface area (Å²) in [6.45, 7) is 5.21. The van der Waals surface area contributed by atoms with Gasteiger partial charge in [0.25, 0.3) is 0 Å². The van der Waals surface area contributed by atoms with E-state index in [9.17, 15) is 0 Å². The fraction of sp³-hybridized carbons (Fsp3) is 0.538. The van der Waals surface area contributed by atoms with Crippen LogP contribution in [-0.2, 0) is 11.3 Å². The molecule has 0 aromatic heterocycles. The Hall–Kier alpha value is -0.770. The lowest BCUT2D eigenvalue weighted by molar-refractivity contribution is 0.154. The van der Waals surface area contributed by atoms with Gasteiger partial charge in [-0.1, -0.05) is 11.6 Å². The number of hydrogen-bond donors (Lipinski definition) is 1. The van der Waals surface area contributed by atoms with Crippen LogP contribution < -0.4 is 10.2 Å². The van der Waals surface area contributed by atoms with Crippen molar-refractivity contribution in [1.82, 2.24) is 5.32 Å². The lowest BCUT2D eigenvalue weighted by Crippen LogP contribution is -2.24. The number of anilines is 1. The van der Waals surface area contributed by atoms with Crippen molar-refractivity contribution in [3.8, 4) is 0 Å². The lowest BCUT2D eigenvalue weighted by Gasteiger charge is -2.22. The number of benzene rings is 1. The number of ether oxygens (including phenoxy) is 1. The first-order chi connectivity index (χ1) is 8.19. The van der Waals surface area contributed by atoms with Crippen LogP contribution in [0.2, 0.25) is 5.02 Å². The molecule has 0 atom stereocenters. The zero-order chi connectivity index (χ0) is 12.7. The Bertz CT molecular complexity index is 344. The van der Waals surface area contributed by atoms with E-state index in [-0.39, 0.29) is 0 Å². The summed E-state index contributed by atoms with van der Waals surface area (Å²) in [6, 6.07) is 5.98. The fourth-order valence-corrected chi connectivity index (χ4v) is 1.92. The average Bonchev–Trinajstić information content (AvgIpc) is 2.30. The maximum absolute atomic E-state index is 6.01. The molecule has 17 heavy (non-hydrogen) atoms. The summed E-state index contributed by atoms with van der Waals surface area (Å²) in [5, 5.41) is 3.93. The molecule has 0 radical (unpaired) electrons. The van der Waals surface area contributed by atoms with Gasteiger partial charge in [-0.25, -0.2) is 0 Å². The summed E-state index contributed by atoms with van der Waals surface area (Å²) in [5.74, 6) is 0. The maximum Gasteiger partial charge on any atom is 0.0641 e. The van der Waals surface area contributed by atoms with E-state index in [4.69, 9.17) is 16.3 Å². The molecule has 4 heteroatoms. The SMILES string of the molecule is CCOCCN(C)c1ccc(Cl)cc1CNC. The molecule has 0 spiro atoms. The van der Waals surface area contributed by atoms with Crippen molar-refractivity contribution in [1.29, 1.82) is 0 Å². The fourth-order valence-electron chi connectivity index (χ4n) is 1.72. The molecule has 96 valence electrons. The lowest BCUT2D eigenvalue weighted by atomic mass is 10.1. The quantitative estimate of drug-likeness (QED) is 0.759. The van der Waals surface area contributed by atoms with Crippen LogP contribution in [0.1, 0.15) is 12.5 Å². The van der Waals surface area contributed by atoms with E-state index in [0.29, 0.717) is 0 Å². The minimum atomic E-state index is 0.745. The summed E-state index contributed by atoms with van der Waals surface area (Å²) in [6.07, 6.45) is 0. The third kappa shape index (κ3) is 4.54. The highest BCUT2D eigenvalue weighted by Gasteiger charge is 2.07. The highest BCUT2D eigenvalue weighted by atomic mass is 35.5. The summed E-state index contributed by atoms with van der Waals surface area (Å²) >= 11 is 6.01. The second-order valence-corrected chi connectivity index (χ2v) is 4.36. The van der Waals surface area contributed by atoms with Gasteiger partial charge >= 0.3 is 0 Å². The average molecular weight is 257 g/mol. The molecule has 0 fully saturated rings. The van der Waals surface area contributed by atoms with E-state index >= 15 is 0 Å². The Balaban J connectivity index is 2.73. The maximum atomic E-state index is 6.01. The van der Waals surface area contributed by atoms with Crippen molar-refractivity contribution >= 4 is 17.3 Å².